The molecule has 2 aromatic rings. The van der Waals surface area contributed by atoms with Gasteiger partial charge in [-0.05, 0) is 18.2 Å². The summed E-state index contributed by atoms with van der Waals surface area (Å²) in [6, 6.07) is 5.40. The van der Waals surface area contributed by atoms with E-state index in [9.17, 15) is 0 Å². The van der Waals surface area contributed by atoms with Crippen LogP contribution < -0.4 is 5.73 Å². The molecule has 4 nitrogen and oxygen atoms in total. The van der Waals surface area contributed by atoms with Crippen molar-refractivity contribution in [2.24, 2.45) is 7.05 Å². The Balaban J connectivity index is 2.53. The molecular weight excluding hydrogens is 200 g/mol. The minimum atomic E-state index is 0.533. The van der Waals surface area contributed by atoms with E-state index in [2.05, 4.69) is 10.2 Å². The molecule has 0 fully saturated rings. The van der Waals surface area contributed by atoms with Gasteiger partial charge in [-0.2, -0.15) is 0 Å². The summed E-state index contributed by atoms with van der Waals surface area (Å²) >= 11 is 5.90. The van der Waals surface area contributed by atoms with Gasteiger partial charge in [-0.1, -0.05) is 11.6 Å². The topological polar surface area (TPSA) is 56.7 Å². The Bertz CT molecular complexity index is 464. The van der Waals surface area contributed by atoms with Gasteiger partial charge >= 0.3 is 0 Å². The maximum absolute atomic E-state index is 5.90. The van der Waals surface area contributed by atoms with Gasteiger partial charge < -0.3 is 10.3 Å². The van der Waals surface area contributed by atoms with Crippen LogP contribution in [-0.2, 0) is 7.05 Å². The van der Waals surface area contributed by atoms with Gasteiger partial charge in [0.2, 0.25) is 0 Å². The van der Waals surface area contributed by atoms with E-state index < -0.39 is 0 Å². The summed E-state index contributed by atoms with van der Waals surface area (Å²) in [6.07, 6.45) is 1.64. The molecule has 72 valence electrons. The Morgan fingerprint density at radius 1 is 1.43 bits per heavy atom. The minimum absolute atomic E-state index is 0.533. The third kappa shape index (κ3) is 1.44. The molecule has 2 rings (SSSR count). The molecule has 0 aliphatic carbocycles. The van der Waals surface area contributed by atoms with E-state index >= 15 is 0 Å². The smallest absolute Gasteiger partial charge is 0.163 e. The van der Waals surface area contributed by atoms with Crippen LogP contribution >= 0.6 is 11.6 Å². The quantitative estimate of drug-likeness (QED) is 0.726. The van der Waals surface area contributed by atoms with Gasteiger partial charge in [0.1, 0.15) is 6.33 Å². The first-order valence-corrected chi connectivity index (χ1v) is 4.45. The fourth-order valence-electron chi connectivity index (χ4n) is 1.21. The molecule has 14 heavy (non-hydrogen) atoms. The number of hydrogen-bond acceptors (Lipinski definition) is 3. The lowest BCUT2D eigenvalue weighted by atomic mass is 10.2. The molecule has 1 aromatic carbocycles. The van der Waals surface area contributed by atoms with Gasteiger partial charge in [0.15, 0.2) is 5.82 Å². The van der Waals surface area contributed by atoms with Gasteiger partial charge in [-0.15, -0.1) is 10.2 Å². The molecule has 1 aromatic heterocycles. The van der Waals surface area contributed by atoms with Gasteiger partial charge in [-0.25, -0.2) is 0 Å². The van der Waals surface area contributed by atoms with Crippen LogP contribution in [0.15, 0.2) is 24.5 Å². The normalized spacial score (nSPS) is 10.4. The third-order valence-corrected chi connectivity index (χ3v) is 2.30. The van der Waals surface area contributed by atoms with Gasteiger partial charge in [0.05, 0.1) is 10.7 Å². The molecule has 0 bridgehead atoms. The summed E-state index contributed by atoms with van der Waals surface area (Å²) in [4.78, 5) is 0. The van der Waals surface area contributed by atoms with Crippen molar-refractivity contribution in [1.82, 2.24) is 14.8 Å². The number of hydrogen-bond donors (Lipinski definition) is 1. The van der Waals surface area contributed by atoms with E-state index in [0.717, 1.165) is 11.4 Å². The predicted octanol–water partition coefficient (Wildman–Crippen LogP) is 1.72. The minimum Gasteiger partial charge on any atom is -0.398 e. The van der Waals surface area contributed by atoms with Gasteiger partial charge in [0.25, 0.3) is 0 Å². The SMILES string of the molecule is Cn1cnnc1-c1ccc(N)c(Cl)c1. The summed E-state index contributed by atoms with van der Waals surface area (Å²) < 4.78 is 1.82. The van der Waals surface area contributed by atoms with Crippen molar-refractivity contribution in [2.75, 3.05) is 5.73 Å². The Hall–Kier alpha value is -1.55. The van der Waals surface area contributed by atoms with Crippen LogP contribution in [0.3, 0.4) is 0 Å². The highest BCUT2D eigenvalue weighted by Gasteiger charge is 2.05. The predicted molar refractivity (Wildman–Crippen MR) is 55.9 cm³/mol. The summed E-state index contributed by atoms with van der Waals surface area (Å²) in [5, 5.41) is 8.29. The first kappa shape index (κ1) is 9.02. The molecular formula is C9H9ClN4. The molecule has 0 spiro atoms. The van der Waals surface area contributed by atoms with E-state index in [1.165, 1.54) is 0 Å². The van der Waals surface area contributed by atoms with Crippen LogP contribution in [-0.4, -0.2) is 14.8 Å². The molecule has 0 aliphatic rings. The van der Waals surface area contributed by atoms with E-state index in [0.29, 0.717) is 10.7 Å². The number of benzene rings is 1. The summed E-state index contributed by atoms with van der Waals surface area (Å²) in [5.74, 6) is 0.770. The zero-order chi connectivity index (χ0) is 10.1. The Labute approximate surface area is 86.3 Å². The van der Waals surface area contributed by atoms with Crippen molar-refractivity contribution in [3.05, 3.63) is 29.5 Å². The van der Waals surface area contributed by atoms with Crippen LogP contribution in [0.25, 0.3) is 11.4 Å². The maximum Gasteiger partial charge on any atom is 0.163 e. The average Bonchev–Trinajstić information content (AvgIpc) is 2.57. The molecule has 0 unspecified atom stereocenters. The van der Waals surface area contributed by atoms with Gasteiger partial charge in [-0.3, -0.25) is 0 Å². The average molecular weight is 209 g/mol. The monoisotopic (exact) mass is 208 g/mol. The number of nitrogen functional groups attached to an aromatic ring is 1. The molecule has 0 atom stereocenters. The highest BCUT2D eigenvalue weighted by atomic mass is 35.5. The standard InChI is InChI=1S/C9H9ClN4/c1-14-5-12-13-9(14)6-2-3-8(11)7(10)4-6/h2-5H,11H2,1H3. The molecule has 1 heterocycles. The second-order valence-electron chi connectivity index (χ2n) is 3.00. The molecule has 0 radical (unpaired) electrons. The molecule has 5 heteroatoms. The zero-order valence-electron chi connectivity index (χ0n) is 7.61. The highest BCUT2D eigenvalue weighted by Crippen LogP contribution is 2.25. The number of aromatic nitrogens is 3. The second-order valence-corrected chi connectivity index (χ2v) is 3.41. The summed E-state index contributed by atoms with van der Waals surface area (Å²) in [6.45, 7) is 0. The van der Waals surface area contributed by atoms with Crippen LogP contribution in [0, 0.1) is 0 Å². The van der Waals surface area contributed by atoms with Crippen LogP contribution in [0.2, 0.25) is 5.02 Å². The Kier molecular flexibility index (Phi) is 2.13. The van der Waals surface area contributed by atoms with E-state index in [4.69, 9.17) is 17.3 Å². The second kappa shape index (κ2) is 3.31. The van der Waals surface area contributed by atoms with Crippen molar-refractivity contribution in [2.45, 2.75) is 0 Å². The largest absolute Gasteiger partial charge is 0.398 e. The number of anilines is 1. The number of nitrogens with zero attached hydrogens (tertiary/aromatic N) is 3. The highest BCUT2D eigenvalue weighted by molar-refractivity contribution is 6.33. The van der Waals surface area contributed by atoms with Crippen LogP contribution in [0.1, 0.15) is 0 Å². The maximum atomic E-state index is 5.90. The number of halogens is 1. The fourth-order valence-corrected chi connectivity index (χ4v) is 1.39. The number of rotatable bonds is 1. The molecule has 2 N–H and O–H groups in total. The molecule has 0 amide bonds. The van der Waals surface area contributed by atoms with E-state index in [1.807, 2.05) is 17.7 Å². The van der Waals surface area contributed by atoms with Crippen molar-refractivity contribution < 1.29 is 0 Å². The number of nitrogens with two attached hydrogens (primary N) is 1. The van der Waals surface area contributed by atoms with Crippen LogP contribution in [0.5, 0.6) is 0 Å². The van der Waals surface area contributed by atoms with E-state index in [-0.39, 0.29) is 0 Å². The lowest BCUT2D eigenvalue weighted by Gasteiger charge is -2.02. The lowest BCUT2D eigenvalue weighted by molar-refractivity contribution is 0.920. The summed E-state index contributed by atoms with van der Waals surface area (Å²) in [5.41, 5.74) is 7.08. The van der Waals surface area contributed by atoms with Crippen molar-refractivity contribution in [3.8, 4) is 11.4 Å². The first-order chi connectivity index (χ1) is 6.68. The van der Waals surface area contributed by atoms with Crippen molar-refractivity contribution >= 4 is 17.3 Å². The Morgan fingerprint density at radius 3 is 2.79 bits per heavy atom. The Morgan fingerprint density at radius 2 is 2.21 bits per heavy atom. The van der Waals surface area contributed by atoms with Gasteiger partial charge in [0, 0.05) is 12.6 Å². The van der Waals surface area contributed by atoms with Crippen LogP contribution in [0.4, 0.5) is 5.69 Å². The molecule has 0 saturated heterocycles. The van der Waals surface area contributed by atoms with E-state index in [1.54, 1.807) is 18.5 Å². The van der Waals surface area contributed by atoms with Crippen molar-refractivity contribution in [1.29, 1.82) is 0 Å². The zero-order valence-corrected chi connectivity index (χ0v) is 8.36. The third-order valence-electron chi connectivity index (χ3n) is 1.97. The molecule has 0 saturated carbocycles. The summed E-state index contributed by atoms with van der Waals surface area (Å²) in [7, 11) is 1.87. The molecule has 0 aliphatic heterocycles. The fraction of sp³-hybridized carbons (Fsp3) is 0.111. The lowest BCUT2D eigenvalue weighted by Crippen LogP contribution is -1.92. The van der Waals surface area contributed by atoms with Crippen molar-refractivity contribution in [3.63, 3.8) is 0 Å². The number of aryl methyl sites for hydroxylation is 1. The first-order valence-electron chi connectivity index (χ1n) is 4.08.